The fourth-order valence-electron chi connectivity index (χ4n) is 3.91. The molecule has 138 valence electrons. The van der Waals surface area contributed by atoms with Crippen molar-refractivity contribution in [2.45, 2.75) is 63.6 Å². The van der Waals surface area contributed by atoms with E-state index in [1.54, 1.807) is 5.57 Å². The highest BCUT2D eigenvalue weighted by molar-refractivity contribution is 5.85. The van der Waals surface area contributed by atoms with Gasteiger partial charge in [-0.2, -0.15) is 0 Å². The van der Waals surface area contributed by atoms with Crippen LogP contribution in [0.4, 0.5) is 4.79 Å². The third kappa shape index (κ3) is 5.75. The Bertz CT molecular complexity index is 583. The monoisotopic (exact) mass is 364 g/mol. The molecule has 2 aliphatic rings. The first kappa shape index (κ1) is 19.8. The Morgan fingerprint density at radius 1 is 1.16 bits per heavy atom. The van der Waals surface area contributed by atoms with Crippen molar-refractivity contribution in [2.75, 3.05) is 0 Å². The highest BCUT2D eigenvalue weighted by atomic mass is 35.5. The molecule has 0 spiro atoms. The molecule has 4 nitrogen and oxygen atoms in total. The van der Waals surface area contributed by atoms with E-state index in [2.05, 4.69) is 54.0 Å². The summed E-state index contributed by atoms with van der Waals surface area (Å²) in [6, 6.07) is 11.8. The molecule has 1 amide bonds. The molecule has 1 aromatic rings. The van der Waals surface area contributed by atoms with Gasteiger partial charge in [0.1, 0.15) is 0 Å². The lowest BCUT2D eigenvalue weighted by atomic mass is 9.91. The fraction of sp³-hybridized carbons (Fsp3) is 0.550. The number of halogens is 1. The molecule has 3 N–H and O–H groups in total. The normalized spacial score (nSPS) is 28.8. The summed E-state index contributed by atoms with van der Waals surface area (Å²) in [6.45, 7) is 2.24. The SMILES string of the molecule is CC/C(=C\c1ccccc1)C1CC1NC1CCC(NC(=O)O)CC1.Cl. The molecule has 0 bridgehead atoms. The maximum absolute atomic E-state index is 10.7. The molecule has 0 saturated heterocycles. The highest BCUT2D eigenvalue weighted by Crippen LogP contribution is 2.40. The number of rotatable bonds is 6. The Labute approximate surface area is 156 Å². The molecule has 2 saturated carbocycles. The van der Waals surface area contributed by atoms with Gasteiger partial charge in [0.15, 0.2) is 0 Å². The lowest BCUT2D eigenvalue weighted by Gasteiger charge is -2.29. The fourth-order valence-corrected chi connectivity index (χ4v) is 3.91. The standard InChI is InChI=1S/C20H28N2O2.ClH/c1-2-15(12-14-6-4-3-5-7-14)18-13-19(18)21-16-8-10-17(11-9-16)22-20(23)24;/h3-7,12,16-19,21-22H,2,8-11,13H2,1H3,(H,23,24);1H/b15-12+;. The minimum absolute atomic E-state index is 0. The second kappa shape index (κ2) is 9.25. The lowest BCUT2D eigenvalue weighted by Crippen LogP contribution is -2.42. The number of hydrogen-bond donors (Lipinski definition) is 3. The predicted molar refractivity (Wildman–Crippen MR) is 104 cm³/mol. The van der Waals surface area contributed by atoms with Gasteiger partial charge in [-0.3, -0.25) is 0 Å². The number of benzene rings is 1. The average Bonchev–Trinajstić information content (AvgIpc) is 3.34. The smallest absolute Gasteiger partial charge is 0.404 e. The van der Waals surface area contributed by atoms with Crippen LogP contribution in [0.3, 0.4) is 0 Å². The Morgan fingerprint density at radius 2 is 1.80 bits per heavy atom. The van der Waals surface area contributed by atoms with Gasteiger partial charge in [-0.15, -0.1) is 12.4 Å². The second-order valence-electron chi connectivity index (χ2n) is 7.10. The van der Waals surface area contributed by atoms with Crippen LogP contribution >= 0.6 is 12.4 Å². The second-order valence-corrected chi connectivity index (χ2v) is 7.10. The third-order valence-electron chi connectivity index (χ3n) is 5.33. The van der Waals surface area contributed by atoms with Crippen molar-refractivity contribution in [2.24, 2.45) is 5.92 Å². The average molecular weight is 365 g/mol. The van der Waals surface area contributed by atoms with Crippen LogP contribution in [0.5, 0.6) is 0 Å². The van der Waals surface area contributed by atoms with Crippen LogP contribution in [0, 0.1) is 5.92 Å². The van der Waals surface area contributed by atoms with Gasteiger partial charge in [0.25, 0.3) is 0 Å². The number of nitrogens with one attached hydrogen (secondary N) is 2. The summed E-state index contributed by atoms with van der Waals surface area (Å²) in [5.74, 6) is 0.671. The van der Waals surface area contributed by atoms with E-state index in [4.69, 9.17) is 5.11 Å². The van der Waals surface area contributed by atoms with Gasteiger partial charge >= 0.3 is 6.09 Å². The minimum atomic E-state index is -0.896. The highest BCUT2D eigenvalue weighted by Gasteiger charge is 2.40. The van der Waals surface area contributed by atoms with Gasteiger partial charge in [-0.05, 0) is 50.0 Å². The van der Waals surface area contributed by atoms with Crippen LogP contribution in [0.15, 0.2) is 35.9 Å². The van der Waals surface area contributed by atoms with Crippen LogP contribution in [0.1, 0.15) is 51.0 Å². The molecular formula is C20H29ClN2O2. The van der Waals surface area contributed by atoms with Gasteiger partial charge in [0.2, 0.25) is 0 Å². The summed E-state index contributed by atoms with van der Waals surface area (Å²) in [7, 11) is 0. The van der Waals surface area contributed by atoms with Gasteiger partial charge in [-0.1, -0.05) is 48.9 Å². The van der Waals surface area contributed by atoms with E-state index in [-0.39, 0.29) is 18.4 Å². The zero-order valence-corrected chi connectivity index (χ0v) is 15.6. The molecule has 25 heavy (non-hydrogen) atoms. The molecule has 0 aliphatic heterocycles. The van der Waals surface area contributed by atoms with Crippen molar-refractivity contribution in [1.29, 1.82) is 0 Å². The Balaban J connectivity index is 0.00000225. The first-order valence-corrected chi connectivity index (χ1v) is 9.16. The van der Waals surface area contributed by atoms with E-state index in [1.807, 2.05) is 0 Å². The van der Waals surface area contributed by atoms with E-state index in [0.29, 0.717) is 18.0 Å². The predicted octanol–water partition coefficient (Wildman–Crippen LogP) is 4.46. The molecule has 0 heterocycles. The molecule has 2 fully saturated rings. The molecule has 2 aliphatic carbocycles. The van der Waals surface area contributed by atoms with Gasteiger partial charge in [0, 0.05) is 18.1 Å². The van der Waals surface area contributed by atoms with Crippen LogP contribution in [0.25, 0.3) is 6.08 Å². The summed E-state index contributed by atoms with van der Waals surface area (Å²) in [5, 5.41) is 15.2. The van der Waals surface area contributed by atoms with Crippen molar-refractivity contribution < 1.29 is 9.90 Å². The van der Waals surface area contributed by atoms with Gasteiger partial charge in [0.05, 0.1) is 0 Å². The molecule has 3 rings (SSSR count). The molecule has 2 atom stereocenters. The van der Waals surface area contributed by atoms with Gasteiger partial charge in [-0.25, -0.2) is 4.79 Å². The maximum Gasteiger partial charge on any atom is 0.404 e. The van der Waals surface area contributed by atoms with Crippen LogP contribution in [0.2, 0.25) is 0 Å². The van der Waals surface area contributed by atoms with Crippen LogP contribution in [-0.2, 0) is 0 Å². The summed E-state index contributed by atoms with van der Waals surface area (Å²) in [4.78, 5) is 10.7. The summed E-state index contributed by atoms with van der Waals surface area (Å²) in [5.41, 5.74) is 2.83. The minimum Gasteiger partial charge on any atom is -0.465 e. The number of carbonyl (C=O) groups is 1. The topological polar surface area (TPSA) is 61.4 Å². The van der Waals surface area contributed by atoms with Gasteiger partial charge < -0.3 is 15.7 Å². The summed E-state index contributed by atoms with van der Waals surface area (Å²) in [6.07, 6.45) is 7.82. The van der Waals surface area contributed by atoms with Crippen molar-refractivity contribution in [3.63, 3.8) is 0 Å². The van der Waals surface area contributed by atoms with E-state index < -0.39 is 6.09 Å². The molecule has 5 heteroatoms. The largest absolute Gasteiger partial charge is 0.465 e. The van der Waals surface area contributed by atoms with E-state index >= 15 is 0 Å². The third-order valence-corrected chi connectivity index (χ3v) is 5.33. The molecule has 0 aromatic heterocycles. The molecule has 2 unspecified atom stereocenters. The molecule has 0 radical (unpaired) electrons. The van der Waals surface area contributed by atoms with Crippen molar-refractivity contribution in [3.05, 3.63) is 41.5 Å². The number of hydrogen-bond acceptors (Lipinski definition) is 2. The van der Waals surface area contributed by atoms with E-state index in [9.17, 15) is 4.79 Å². The zero-order valence-electron chi connectivity index (χ0n) is 14.8. The number of amides is 1. The van der Waals surface area contributed by atoms with Crippen molar-refractivity contribution >= 4 is 24.6 Å². The maximum atomic E-state index is 10.7. The van der Waals surface area contributed by atoms with E-state index in [0.717, 1.165) is 32.1 Å². The van der Waals surface area contributed by atoms with Crippen LogP contribution in [-0.4, -0.2) is 29.3 Å². The molecular weight excluding hydrogens is 336 g/mol. The molecule has 1 aromatic carbocycles. The van der Waals surface area contributed by atoms with Crippen LogP contribution < -0.4 is 10.6 Å². The lowest BCUT2D eigenvalue weighted by molar-refractivity contribution is 0.183. The number of carboxylic acid groups (broad SMARTS) is 1. The quantitative estimate of drug-likeness (QED) is 0.698. The summed E-state index contributed by atoms with van der Waals surface area (Å²) >= 11 is 0. The first-order chi connectivity index (χ1) is 11.7. The Morgan fingerprint density at radius 3 is 2.40 bits per heavy atom. The van der Waals surface area contributed by atoms with E-state index in [1.165, 1.54) is 12.0 Å². The Hall–Kier alpha value is -1.52. The van der Waals surface area contributed by atoms with Crippen molar-refractivity contribution in [1.82, 2.24) is 10.6 Å². The zero-order chi connectivity index (χ0) is 16.9. The van der Waals surface area contributed by atoms with Crippen molar-refractivity contribution in [3.8, 4) is 0 Å². The Kier molecular flexibility index (Phi) is 7.33. The summed E-state index contributed by atoms with van der Waals surface area (Å²) < 4.78 is 0. The first-order valence-electron chi connectivity index (χ1n) is 9.16.